The van der Waals surface area contributed by atoms with Crippen LogP contribution in [0.3, 0.4) is 0 Å². The first-order chi connectivity index (χ1) is 15.0. The fourth-order valence-electron chi connectivity index (χ4n) is 3.56. The Morgan fingerprint density at radius 3 is 2.32 bits per heavy atom. The van der Waals surface area contributed by atoms with Gasteiger partial charge in [0.15, 0.2) is 13.1 Å². The zero-order chi connectivity index (χ0) is 22.2. The molecule has 0 aromatic heterocycles. The van der Waals surface area contributed by atoms with Crippen LogP contribution < -0.4 is 25.2 Å². The van der Waals surface area contributed by atoms with Gasteiger partial charge in [0.2, 0.25) is 5.91 Å². The maximum atomic E-state index is 12.5. The van der Waals surface area contributed by atoms with Gasteiger partial charge in [-0.2, -0.15) is 0 Å². The summed E-state index contributed by atoms with van der Waals surface area (Å²) in [6, 6.07) is 14.5. The molecule has 3 rings (SSSR count). The molecule has 1 unspecified atom stereocenters. The van der Waals surface area contributed by atoms with Gasteiger partial charge in [0.05, 0.1) is 19.3 Å². The molecule has 1 saturated heterocycles. The van der Waals surface area contributed by atoms with Gasteiger partial charge < -0.3 is 25.2 Å². The summed E-state index contributed by atoms with van der Waals surface area (Å²) in [5.41, 5.74) is 2.11. The maximum absolute atomic E-state index is 12.5. The number of hydrogen-bond donors (Lipinski definition) is 3. The number of amides is 3. The SMILES string of the molecule is CC[NH+](CC(=O)Nc1ccc(N2CCCC2=O)cc1)CC(=O)Nc1ccccc1OC. The van der Waals surface area contributed by atoms with Crippen molar-refractivity contribution in [2.75, 3.05) is 48.8 Å². The number of ether oxygens (including phenoxy) is 1. The van der Waals surface area contributed by atoms with Crippen molar-refractivity contribution >= 4 is 34.8 Å². The molecule has 8 heteroatoms. The van der Waals surface area contributed by atoms with Gasteiger partial charge in [-0.15, -0.1) is 0 Å². The molecule has 8 nitrogen and oxygen atoms in total. The summed E-state index contributed by atoms with van der Waals surface area (Å²) in [6.07, 6.45) is 1.45. The Hall–Kier alpha value is -3.39. The van der Waals surface area contributed by atoms with E-state index in [1.165, 1.54) is 0 Å². The highest BCUT2D eigenvalue weighted by Gasteiger charge is 2.22. The number of hydrogen-bond acceptors (Lipinski definition) is 4. The second-order valence-electron chi connectivity index (χ2n) is 7.45. The Balaban J connectivity index is 1.51. The molecule has 0 radical (unpaired) electrons. The molecular weight excluding hydrogens is 396 g/mol. The zero-order valence-corrected chi connectivity index (χ0v) is 17.9. The Kier molecular flexibility index (Phi) is 7.61. The lowest BCUT2D eigenvalue weighted by atomic mass is 10.2. The minimum absolute atomic E-state index is 0.130. The van der Waals surface area contributed by atoms with Gasteiger partial charge in [0, 0.05) is 24.3 Å². The van der Waals surface area contributed by atoms with Crippen molar-refractivity contribution in [2.24, 2.45) is 0 Å². The summed E-state index contributed by atoms with van der Waals surface area (Å²) in [7, 11) is 1.55. The van der Waals surface area contributed by atoms with Gasteiger partial charge >= 0.3 is 0 Å². The number of methoxy groups -OCH3 is 1. The van der Waals surface area contributed by atoms with Crippen molar-refractivity contribution in [1.82, 2.24) is 0 Å². The first kappa shape index (κ1) is 22.3. The van der Waals surface area contributed by atoms with Gasteiger partial charge in [-0.3, -0.25) is 14.4 Å². The highest BCUT2D eigenvalue weighted by atomic mass is 16.5. The average molecular weight is 426 g/mol. The van der Waals surface area contributed by atoms with Crippen LogP contribution in [0.4, 0.5) is 17.1 Å². The molecule has 3 N–H and O–H groups in total. The third-order valence-electron chi connectivity index (χ3n) is 5.24. The molecule has 0 spiro atoms. The van der Waals surface area contributed by atoms with E-state index in [4.69, 9.17) is 4.74 Å². The minimum Gasteiger partial charge on any atom is -0.495 e. The van der Waals surface area contributed by atoms with Gasteiger partial charge in [-0.05, 0) is 49.7 Å². The summed E-state index contributed by atoms with van der Waals surface area (Å²) in [5.74, 6) is 0.358. The van der Waals surface area contributed by atoms with Crippen molar-refractivity contribution in [2.45, 2.75) is 19.8 Å². The number of rotatable bonds is 9. The standard InChI is InChI=1S/C23H28N4O4/c1-3-26(16-22(29)25-19-7-4-5-8-20(19)31-2)15-21(28)24-17-10-12-18(13-11-17)27-14-6-9-23(27)30/h4-5,7-8,10-13H,3,6,9,14-16H2,1-2H3,(H,24,28)(H,25,29)/p+1. The van der Waals surface area contributed by atoms with Gasteiger partial charge in [0.25, 0.3) is 11.8 Å². The quantitative estimate of drug-likeness (QED) is 0.565. The third-order valence-corrected chi connectivity index (χ3v) is 5.24. The molecule has 31 heavy (non-hydrogen) atoms. The lowest BCUT2D eigenvalue weighted by molar-refractivity contribution is -0.881. The molecular formula is C23H29N4O4+. The van der Waals surface area contributed by atoms with E-state index in [1.807, 2.05) is 31.2 Å². The monoisotopic (exact) mass is 425 g/mol. The summed E-state index contributed by atoms with van der Waals surface area (Å²) >= 11 is 0. The number of quaternary nitrogens is 1. The molecule has 1 aliphatic rings. The van der Waals surface area contributed by atoms with Crippen molar-refractivity contribution in [3.63, 3.8) is 0 Å². The number of benzene rings is 2. The predicted molar refractivity (Wildman–Crippen MR) is 120 cm³/mol. The minimum atomic E-state index is -0.186. The van der Waals surface area contributed by atoms with Gasteiger partial charge in [-0.1, -0.05) is 12.1 Å². The van der Waals surface area contributed by atoms with Crippen LogP contribution in [-0.2, 0) is 14.4 Å². The van der Waals surface area contributed by atoms with E-state index >= 15 is 0 Å². The Morgan fingerprint density at radius 2 is 1.71 bits per heavy atom. The van der Waals surface area contributed by atoms with E-state index < -0.39 is 0 Å². The molecule has 1 fully saturated rings. The second kappa shape index (κ2) is 10.6. The van der Waals surface area contributed by atoms with Crippen LogP contribution in [0.5, 0.6) is 5.75 Å². The molecule has 2 aromatic carbocycles. The Bertz CT molecular complexity index is 929. The van der Waals surface area contributed by atoms with Crippen molar-refractivity contribution < 1.29 is 24.0 Å². The number of nitrogens with one attached hydrogen (secondary N) is 3. The van der Waals surface area contributed by atoms with Crippen LogP contribution in [0.1, 0.15) is 19.8 Å². The highest BCUT2D eigenvalue weighted by Crippen LogP contribution is 2.23. The molecule has 0 bridgehead atoms. The van der Waals surface area contributed by atoms with Crippen molar-refractivity contribution in [3.05, 3.63) is 48.5 Å². The van der Waals surface area contributed by atoms with Gasteiger partial charge in [0.1, 0.15) is 5.75 Å². The fraction of sp³-hybridized carbons (Fsp3) is 0.348. The molecule has 2 aromatic rings. The van der Waals surface area contributed by atoms with E-state index in [0.29, 0.717) is 30.1 Å². The van der Waals surface area contributed by atoms with E-state index in [2.05, 4.69) is 10.6 Å². The number of carbonyl (C=O) groups is 3. The molecule has 3 amide bonds. The molecule has 1 heterocycles. The van der Waals surface area contributed by atoms with Gasteiger partial charge in [-0.25, -0.2) is 0 Å². The summed E-state index contributed by atoms with van der Waals surface area (Å²) in [5, 5.41) is 5.70. The van der Waals surface area contributed by atoms with Crippen LogP contribution in [0.2, 0.25) is 0 Å². The third kappa shape index (κ3) is 6.05. The predicted octanol–water partition coefficient (Wildman–Crippen LogP) is 1.30. The lowest BCUT2D eigenvalue weighted by Crippen LogP contribution is -3.13. The number of likely N-dealkylation sites (N-methyl/N-ethyl adjacent to an activating group) is 1. The maximum Gasteiger partial charge on any atom is 0.279 e. The molecule has 0 saturated carbocycles. The van der Waals surface area contributed by atoms with Crippen LogP contribution in [-0.4, -0.2) is 51.0 Å². The Morgan fingerprint density at radius 1 is 1.03 bits per heavy atom. The first-order valence-corrected chi connectivity index (χ1v) is 10.5. The number of nitrogens with zero attached hydrogens (tertiary/aromatic N) is 1. The van der Waals surface area contributed by atoms with Crippen LogP contribution in [0.15, 0.2) is 48.5 Å². The van der Waals surface area contributed by atoms with E-state index in [-0.39, 0.29) is 30.8 Å². The van der Waals surface area contributed by atoms with Crippen molar-refractivity contribution in [3.8, 4) is 5.75 Å². The topological polar surface area (TPSA) is 92.2 Å². The molecule has 164 valence electrons. The lowest BCUT2D eigenvalue weighted by Gasteiger charge is -2.18. The van der Waals surface area contributed by atoms with Crippen LogP contribution in [0, 0.1) is 0 Å². The second-order valence-corrected chi connectivity index (χ2v) is 7.45. The summed E-state index contributed by atoms with van der Waals surface area (Å²) < 4.78 is 5.25. The van der Waals surface area contributed by atoms with Crippen LogP contribution >= 0.6 is 0 Å². The normalized spacial score (nSPS) is 14.3. The molecule has 0 aliphatic carbocycles. The number of carbonyl (C=O) groups excluding carboxylic acids is 3. The fourth-order valence-corrected chi connectivity index (χ4v) is 3.56. The average Bonchev–Trinajstić information content (AvgIpc) is 3.20. The largest absolute Gasteiger partial charge is 0.495 e. The van der Waals surface area contributed by atoms with Crippen molar-refractivity contribution in [1.29, 1.82) is 0 Å². The highest BCUT2D eigenvalue weighted by molar-refractivity contribution is 5.96. The smallest absolute Gasteiger partial charge is 0.279 e. The molecule has 1 aliphatic heterocycles. The molecule has 1 atom stereocenters. The van der Waals surface area contributed by atoms with E-state index in [9.17, 15) is 14.4 Å². The number of para-hydroxylation sites is 2. The van der Waals surface area contributed by atoms with Crippen LogP contribution in [0.25, 0.3) is 0 Å². The van der Waals surface area contributed by atoms with E-state index in [1.54, 1.807) is 36.3 Å². The number of anilines is 3. The van der Waals surface area contributed by atoms with E-state index in [0.717, 1.165) is 23.6 Å². The summed E-state index contributed by atoms with van der Waals surface area (Å²) in [6.45, 7) is 3.63. The first-order valence-electron chi connectivity index (χ1n) is 10.5. The Labute approximate surface area is 182 Å². The summed E-state index contributed by atoms with van der Waals surface area (Å²) in [4.78, 5) is 39.3. The zero-order valence-electron chi connectivity index (χ0n) is 17.9.